The Bertz CT molecular complexity index is 391. The Morgan fingerprint density at radius 1 is 1.50 bits per heavy atom. The van der Waals surface area contributed by atoms with Gasteiger partial charge in [-0.2, -0.15) is 0 Å². The van der Waals surface area contributed by atoms with Gasteiger partial charge in [0.05, 0.1) is 4.75 Å². The fraction of sp³-hybridized carbons (Fsp3) is 0.500. The van der Waals surface area contributed by atoms with Crippen LogP contribution in [0.15, 0.2) is 24.3 Å². The summed E-state index contributed by atoms with van der Waals surface area (Å²) in [6, 6.07) is 8.08. The zero-order valence-electron chi connectivity index (χ0n) is 9.95. The van der Waals surface area contributed by atoms with Gasteiger partial charge in [-0.05, 0) is 43.6 Å². The average Bonchev–Trinajstić information content (AvgIpc) is 2.76. The number of ketones is 1. The topological polar surface area (TPSA) is 17.1 Å². The summed E-state index contributed by atoms with van der Waals surface area (Å²) in [5.41, 5.74) is 2.13. The molecule has 2 heteroatoms. The average molecular weight is 234 g/mol. The lowest BCUT2D eigenvalue weighted by Gasteiger charge is -2.21. The van der Waals surface area contributed by atoms with Gasteiger partial charge in [-0.1, -0.05) is 25.1 Å². The van der Waals surface area contributed by atoms with Crippen molar-refractivity contribution in [1.82, 2.24) is 0 Å². The first-order valence-electron chi connectivity index (χ1n) is 5.93. The van der Waals surface area contributed by atoms with Crippen LogP contribution >= 0.6 is 11.8 Å². The fourth-order valence-electron chi connectivity index (χ4n) is 2.20. The zero-order valence-corrected chi connectivity index (χ0v) is 10.8. The molecule has 1 aromatic rings. The van der Waals surface area contributed by atoms with Crippen molar-refractivity contribution in [2.75, 3.05) is 5.75 Å². The molecule has 1 aliphatic heterocycles. The first-order chi connectivity index (χ1) is 7.65. The molecule has 0 bridgehead atoms. The molecule has 0 amide bonds. The highest BCUT2D eigenvalue weighted by Gasteiger charge is 2.37. The third-order valence-corrected chi connectivity index (χ3v) is 4.82. The number of carbonyl (C=O) groups excluding carboxylic acids is 1. The number of Topliss-reactive ketones (excluding diaryl/α,β-unsaturated/α-hetero) is 1. The van der Waals surface area contributed by atoms with Crippen molar-refractivity contribution < 1.29 is 4.79 Å². The molecule has 2 rings (SSSR count). The summed E-state index contributed by atoms with van der Waals surface area (Å²) in [5, 5.41) is 0. The Hall–Kier alpha value is -0.760. The minimum Gasteiger partial charge on any atom is -0.293 e. The summed E-state index contributed by atoms with van der Waals surface area (Å²) in [4.78, 5) is 12.4. The number of thioether (sulfide) groups is 1. The number of carbonyl (C=O) groups is 1. The van der Waals surface area contributed by atoms with E-state index in [1.807, 2.05) is 30.0 Å². The molecule has 1 atom stereocenters. The standard InChI is InChI=1S/C14H18OS/c1-3-11-6-4-7-12(10-11)13(15)14(2)8-5-9-16-14/h4,6-7,10H,3,5,8-9H2,1-2H3. The molecule has 0 N–H and O–H groups in total. The molecule has 0 saturated carbocycles. The van der Waals surface area contributed by atoms with Crippen LogP contribution < -0.4 is 0 Å². The highest BCUT2D eigenvalue weighted by Crippen LogP contribution is 2.40. The quantitative estimate of drug-likeness (QED) is 0.741. The minimum atomic E-state index is -0.174. The smallest absolute Gasteiger partial charge is 0.178 e. The van der Waals surface area contributed by atoms with Gasteiger partial charge in [0.1, 0.15) is 0 Å². The molecule has 16 heavy (non-hydrogen) atoms. The van der Waals surface area contributed by atoms with E-state index in [0.29, 0.717) is 5.78 Å². The van der Waals surface area contributed by atoms with Gasteiger partial charge < -0.3 is 0 Å². The molecule has 1 saturated heterocycles. The Balaban J connectivity index is 2.26. The third kappa shape index (κ3) is 2.17. The van der Waals surface area contributed by atoms with Crippen molar-refractivity contribution >= 4 is 17.5 Å². The van der Waals surface area contributed by atoms with Gasteiger partial charge in [0.2, 0.25) is 0 Å². The van der Waals surface area contributed by atoms with Crippen molar-refractivity contribution in [1.29, 1.82) is 0 Å². The normalized spacial score (nSPS) is 24.6. The number of aryl methyl sites for hydroxylation is 1. The van der Waals surface area contributed by atoms with Crippen molar-refractivity contribution in [2.45, 2.75) is 37.9 Å². The van der Waals surface area contributed by atoms with Gasteiger partial charge in [0.25, 0.3) is 0 Å². The molecular weight excluding hydrogens is 216 g/mol. The monoisotopic (exact) mass is 234 g/mol. The molecule has 0 radical (unpaired) electrons. The van der Waals surface area contributed by atoms with E-state index in [-0.39, 0.29) is 4.75 Å². The van der Waals surface area contributed by atoms with Gasteiger partial charge in [-0.25, -0.2) is 0 Å². The molecule has 0 aliphatic carbocycles. The maximum atomic E-state index is 12.4. The number of benzene rings is 1. The summed E-state index contributed by atoms with van der Waals surface area (Å²) in [7, 11) is 0. The predicted molar refractivity (Wildman–Crippen MR) is 70.2 cm³/mol. The number of hydrogen-bond donors (Lipinski definition) is 0. The van der Waals surface area contributed by atoms with Gasteiger partial charge >= 0.3 is 0 Å². The van der Waals surface area contributed by atoms with E-state index in [2.05, 4.69) is 19.9 Å². The minimum absolute atomic E-state index is 0.174. The number of hydrogen-bond acceptors (Lipinski definition) is 2. The van der Waals surface area contributed by atoms with E-state index < -0.39 is 0 Å². The molecule has 1 aromatic carbocycles. The molecule has 1 nitrogen and oxygen atoms in total. The van der Waals surface area contributed by atoms with Crippen LogP contribution in [0.4, 0.5) is 0 Å². The molecular formula is C14H18OS. The first-order valence-corrected chi connectivity index (χ1v) is 6.92. The van der Waals surface area contributed by atoms with Crippen molar-refractivity contribution in [3.05, 3.63) is 35.4 Å². The van der Waals surface area contributed by atoms with Crippen molar-refractivity contribution in [2.24, 2.45) is 0 Å². The Morgan fingerprint density at radius 3 is 2.94 bits per heavy atom. The van der Waals surface area contributed by atoms with E-state index in [1.165, 1.54) is 12.0 Å². The summed E-state index contributed by atoms with van der Waals surface area (Å²) in [6.45, 7) is 4.21. The Kier molecular flexibility index (Phi) is 3.38. The second kappa shape index (κ2) is 4.62. The summed E-state index contributed by atoms with van der Waals surface area (Å²) < 4.78 is -0.174. The van der Waals surface area contributed by atoms with Gasteiger partial charge in [0, 0.05) is 5.56 Å². The molecule has 1 heterocycles. The lowest BCUT2D eigenvalue weighted by Crippen LogP contribution is -2.28. The number of rotatable bonds is 3. The second-order valence-electron chi connectivity index (χ2n) is 4.57. The zero-order chi connectivity index (χ0) is 11.6. The lowest BCUT2D eigenvalue weighted by atomic mass is 9.93. The van der Waals surface area contributed by atoms with Crippen LogP contribution in [0, 0.1) is 0 Å². The molecule has 0 aromatic heterocycles. The molecule has 0 spiro atoms. The van der Waals surface area contributed by atoms with Gasteiger partial charge in [0.15, 0.2) is 5.78 Å². The lowest BCUT2D eigenvalue weighted by molar-refractivity contribution is 0.0949. The van der Waals surface area contributed by atoms with Crippen molar-refractivity contribution in [3.8, 4) is 0 Å². The predicted octanol–water partition coefficient (Wildman–Crippen LogP) is 3.72. The van der Waals surface area contributed by atoms with E-state index >= 15 is 0 Å². The third-order valence-electron chi connectivity index (χ3n) is 3.30. The van der Waals surface area contributed by atoms with E-state index in [1.54, 1.807) is 0 Å². The fourth-order valence-corrected chi connectivity index (χ4v) is 3.47. The van der Waals surface area contributed by atoms with Crippen molar-refractivity contribution in [3.63, 3.8) is 0 Å². The van der Waals surface area contributed by atoms with Crippen LogP contribution in [0.25, 0.3) is 0 Å². The SMILES string of the molecule is CCc1cccc(C(=O)C2(C)CCCS2)c1. The highest BCUT2D eigenvalue weighted by molar-refractivity contribution is 8.01. The van der Waals surface area contributed by atoms with Crippen LogP contribution in [0.2, 0.25) is 0 Å². The summed E-state index contributed by atoms with van der Waals surface area (Å²) >= 11 is 1.81. The summed E-state index contributed by atoms with van der Waals surface area (Å²) in [5.74, 6) is 1.43. The Labute approximate surface area is 102 Å². The molecule has 1 fully saturated rings. The van der Waals surface area contributed by atoms with Crippen LogP contribution in [-0.2, 0) is 6.42 Å². The Morgan fingerprint density at radius 2 is 2.31 bits per heavy atom. The molecule has 1 unspecified atom stereocenters. The van der Waals surface area contributed by atoms with Crippen LogP contribution in [0.3, 0.4) is 0 Å². The van der Waals surface area contributed by atoms with E-state index in [0.717, 1.165) is 24.2 Å². The maximum absolute atomic E-state index is 12.4. The molecule has 1 aliphatic rings. The van der Waals surface area contributed by atoms with Gasteiger partial charge in [-0.15, -0.1) is 11.8 Å². The van der Waals surface area contributed by atoms with Crippen LogP contribution in [0.5, 0.6) is 0 Å². The largest absolute Gasteiger partial charge is 0.293 e. The maximum Gasteiger partial charge on any atom is 0.178 e. The second-order valence-corrected chi connectivity index (χ2v) is 6.16. The van der Waals surface area contributed by atoms with Gasteiger partial charge in [-0.3, -0.25) is 4.79 Å². The first kappa shape index (κ1) is 11.7. The molecule has 86 valence electrons. The van der Waals surface area contributed by atoms with E-state index in [9.17, 15) is 4.79 Å². The van der Waals surface area contributed by atoms with E-state index in [4.69, 9.17) is 0 Å². The highest BCUT2D eigenvalue weighted by atomic mass is 32.2. The summed E-state index contributed by atoms with van der Waals surface area (Å²) in [6.07, 6.45) is 3.18. The van der Waals surface area contributed by atoms with Crippen LogP contribution in [-0.4, -0.2) is 16.3 Å². The van der Waals surface area contributed by atoms with Crippen LogP contribution in [0.1, 0.15) is 42.6 Å².